The molecule has 0 atom stereocenters. The van der Waals surface area contributed by atoms with Gasteiger partial charge in [-0.25, -0.2) is 0 Å². The molecule has 14 heavy (non-hydrogen) atoms. The van der Waals surface area contributed by atoms with Gasteiger partial charge in [-0.1, -0.05) is 12.1 Å². The first-order chi connectivity index (χ1) is 6.53. The number of ether oxygens (including phenoxy) is 1. The van der Waals surface area contributed by atoms with Crippen LogP contribution in [0.25, 0.3) is 0 Å². The Morgan fingerprint density at radius 3 is 2.50 bits per heavy atom. The fourth-order valence-electron chi connectivity index (χ4n) is 0.898. The molecule has 0 heterocycles. The van der Waals surface area contributed by atoms with Crippen LogP contribution in [0.5, 0.6) is 5.75 Å². The average Bonchev–Trinajstić information content (AvgIpc) is 2.14. The van der Waals surface area contributed by atoms with E-state index in [0.29, 0.717) is 4.90 Å². The lowest BCUT2D eigenvalue weighted by Crippen LogP contribution is -2.19. The molecule has 0 N–H and O–H groups in total. The molecule has 0 amide bonds. The number of benzene rings is 1. The molecule has 0 unspecified atom stereocenters. The summed E-state index contributed by atoms with van der Waals surface area (Å²) in [7, 11) is 0. The summed E-state index contributed by atoms with van der Waals surface area (Å²) in [6, 6.07) is 6.64. The number of para-hydroxylation sites is 1. The van der Waals surface area contributed by atoms with E-state index in [1.807, 2.05) is 0 Å². The van der Waals surface area contributed by atoms with Crippen LogP contribution in [0.15, 0.2) is 29.2 Å². The van der Waals surface area contributed by atoms with Crippen LogP contribution in [0.2, 0.25) is 0 Å². The van der Waals surface area contributed by atoms with Crippen molar-refractivity contribution in [3.05, 3.63) is 24.3 Å². The van der Waals surface area contributed by atoms with Crippen molar-refractivity contribution in [1.82, 2.24) is 0 Å². The smallest absolute Gasteiger partial charge is 0.422 e. The summed E-state index contributed by atoms with van der Waals surface area (Å²) < 4.78 is 40.2. The summed E-state index contributed by atoms with van der Waals surface area (Å²) in [5, 5.41) is 0. The van der Waals surface area contributed by atoms with Crippen molar-refractivity contribution in [3.8, 4) is 5.75 Å². The van der Waals surface area contributed by atoms with Crippen molar-refractivity contribution in [2.75, 3.05) is 12.9 Å². The number of alkyl halides is 3. The molecule has 5 heteroatoms. The summed E-state index contributed by atoms with van der Waals surface area (Å²) in [5.74, 6) is 0.275. The van der Waals surface area contributed by atoms with Crippen LogP contribution in [0.1, 0.15) is 0 Å². The molecule has 1 rings (SSSR count). The molecule has 0 aliphatic carbocycles. The summed E-state index contributed by atoms with van der Waals surface area (Å²) in [6.07, 6.45) is -2.50. The fraction of sp³-hybridized carbons (Fsp3) is 0.333. The lowest BCUT2D eigenvalue weighted by Gasteiger charge is -2.11. The third-order valence-electron chi connectivity index (χ3n) is 1.46. The molecule has 78 valence electrons. The van der Waals surface area contributed by atoms with Crippen molar-refractivity contribution in [2.45, 2.75) is 11.1 Å². The van der Waals surface area contributed by atoms with Crippen molar-refractivity contribution < 1.29 is 17.9 Å². The summed E-state index contributed by atoms with van der Waals surface area (Å²) >= 11 is 1.35. The molecule has 0 aromatic heterocycles. The van der Waals surface area contributed by atoms with E-state index in [0.717, 1.165) is 0 Å². The second-order valence-corrected chi connectivity index (χ2v) is 3.40. The van der Waals surface area contributed by atoms with E-state index >= 15 is 0 Å². The van der Waals surface area contributed by atoms with Gasteiger partial charge in [0.2, 0.25) is 0 Å². The maximum atomic E-state index is 11.8. The molecule has 0 aliphatic rings. The van der Waals surface area contributed by atoms with Gasteiger partial charge in [0.15, 0.2) is 6.61 Å². The first kappa shape index (κ1) is 11.2. The van der Waals surface area contributed by atoms with Crippen molar-refractivity contribution in [3.63, 3.8) is 0 Å². The minimum absolute atomic E-state index is 0.275. The van der Waals surface area contributed by atoms with E-state index < -0.39 is 12.8 Å². The average molecular weight is 222 g/mol. The van der Waals surface area contributed by atoms with E-state index in [1.54, 1.807) is 24.5 Å². The molecule has 0 bridgehead atoms. The van der Waals surface area contributed by atoms with Crippen LogP contribution in [-0.2, 0) is 0 Å². The quantitative estimate of drug-likeness (QED) is 0.725. The third-order valence-corrected chi connectivity index (χ3v) is 2.24. The second-order valence-electron chi connectivity index (χ2n) is 2.55. The highest BCUT2D eigenvalue weighted by atomic mass is 32.2. The lowest BCUT2D eigenvalue weighted by molar-refractivity contribution is -0.153. The molecule has 0 fully saturated rings. The van der Waals surface area contributed by atoms with E-state index in [4.69, 9.17) is 0 Å². The highest BCUT2D eigenvalue weighted by Gasteiger charge is 2.28. The minimum Gasteiger partial charge on any atom is -0.483 e. The van der Waals surface area contributed by atoms with Gasteiger partial charge in [0.25, 0.3) is 0 Å². The van der Waals surface area contributed by atoms with Gasteiger partial charge in [0.1, 0.15) is 5.75 Å². The Morgan fingerprint density at radius 2 is 1.93 bits per heavy atom. The van der Waals surface area contributed by atoms with Gasteiger partial charge in [-0.15, -0.1) is 11.8 Å². The Hall–Kier alpha value is -0.840. The van der Waals surface area contributed by atoms with Crippen molar-refractivity contribution in [1.29, 1.82) is 0 Å². The molecule has 0 radical (unpaired) electrons. The van der Waals surface area contributed by atoms with Gasteiger partial charge in [0.05, 0.1) is 0 Å². The standard InChI is InChI=1S/C9H9F3OS/c1-14-8-5-3-2-4-7(8)13-6-9(10,11)12/h2-5H,6H2,1H3. The topological polar surface area (TPSA) is 9.23 Å². The van der Waals surface area contributed by atoms with Crippen LogP contribution < -0.4 is 4.74 Å². The summed E-state index contributed by atoms with van der Waals surface area (Å²) in [5.41, 5.74) is 0. The van der Waals surface area contributed by atoms with Gasteiger partial charge < -0.3 is 4.74 Å². The van der Waals surface area contributed by atoms with Crippen LogP contribution in [0.3, 0.4) is 0 Å². The maximum absolute atomic E-state index is 11.8. The molecule has 1 aromatic rings. The number of hydrogen-bond acceptors (Lipinski definition) is 2. The second kappa shape index (κ2) is 4.59. The molecule has 0 spiro atoms. The molecular formula is C9H9F3OS. The van der Waals surface area contributed by atoms with E-state index in [1.165, 1.54) is 17.8 Å². The van der Waals surface area contributed by atoms with Crippen LogP contribution in [-0.4, -0.2) is 19.0 Å². The van der Waals surface area contributed by atoms with Gasteiger partial charge >= 0.3 is 6.18 Å². The van der Waals surface area contributed by atoms with E-state index in [-0.39, 0.29) is 5.75 Å². The largest absolute Gasteiger partial charge is 0.483 e. The molecular weight excluding hydrogens is 213 g/mol. The first-order valence-electron chi connectivity index (χ1n) is 3.85. The zero-order valence-corrected chi connectivity index (χ0v) is 8.28. The van der Waals surface area contributed by atoms with Crippen LogP contribution in [0, 0.1) is 0 Å². The fourth-order valence-corrected chi connectivity index (χ4v) is 1.44. The predicted octanol–water partition coefficient (Wildman–Crippen LogP) is 3.35. The van der Waals surface area contributed by atoms with Gasteiger partial charge in [-0.05, 0) is 18.4 Å². The normalized spacial score (nSPS) is 11.4. The Balaban J connectivity index is 2.67. The zero-order valence-electron chi connectivity index (χ0n) is 7.47. The predicted molar refractivity (Wildman–Crippen MR) is 49.8 cm³/mol. The molecule has 0 saturated heterocycles. The zero-order chi connectivity index (χ0) is 10.6. The SMILES string of the molecule is CSc1ccccc1OCC(F)(F)F. The highest BCUT2D eigenvalue weighted by Crippen LogP contribution is 2.28. The molecule has 0 saturated carbocycles. The van der Waals surface area contributed by atoms with E-state index in [2.05, 4.69) is 4.74 Å². The number of halogens is 3. The summed E-state index contributed by atoms with van der Waals surface area (Å²) in [6.45, 7) is -1.25. The Bertz CT molecular complexity index is 298. The van der Waals surface area contributed by atoms with Gasteiger partial charge in [0, 0.05) is 4.90 Å². The molecule has 1 nitrogen and oxygen atoms in total. The maximum Gasteiger partial charge on any atom is 0.422 e. The summed E-state index contributed by atoms with van der Waals surface area (Å²) in [4.78, 5) is 0.705. The first-order valence-corrected chi connectivity index (χ1v) is 5.08. The van der Waals surface area contributed by atoms with Crippen molar-refractivity contribution >= 4 is 11.8 Å². The van der Waals surface area contributed by atoms with Crippen LogP contribution >= 0.6 is 11.8 Å². The van der Waals surface area contributed by atoms with E-state index in [9.17, 15) is 13.2 Å². The Kier molecular flexibility index (Phi) is 3.69. The van der Waals surface area contributed by atoms with Crippen LogP contribution in [0.4, 0.5) is 13.2 Å². The molecule has 0 aliphatic heterocycles. The Morgan fingerprint density at radius 1 is 1.29 bits per heavy atom. The number of thioether (sulfide) groups is 1. The number of hydrogen-bond donors (Lipinski definition) is 0. The van der Waals surface area contributed by atoms with Gasteiger partial charge in [-0.2, -0.15) is 13.2 Å². The molecule has 1 aromatic carbocycles. The highest BCUT2D eigenvalue weighted by molar-refractivity contribution is 7.98. The third kappa shape index (κ3) is 3.49. The van der Waals surface area contributed by atoms with Crippen molar-refractivity contribution in [2.24, 2.45) is 0 Å². The minimum atomic E-state index is -4.29. The monoisotopic (exact) mass is 222 g/mol. The lowest BCUT2D eigenvalue weighted by atomic mass is 10.3. The van der Waals surface area contributed by atoms with Gasteiger partial charge in [-0.3, -0.25) is 0 Å². The number of rotatable bonds is 3. The Labute approximate surface area is 84.3 Å².